The minimum atomic E-state index is -0.349. The van der Waals surface area contributed by atoms with Crippen molar-refractivity contribution in [1.29, 1.82) is 0 Å². The number of anilines is 3. The van der Waals surface area contributed by atoms with E-state index >= 15 is 0 Å². The zero-order valence-electron chi connectivity index (χ0n) is 17.9. The molecule has 0 saturated heterocycles. The van der Waals surface area contributed by atoms with Crippen LogP contribution < -0.4 is 10.6 Å². The maximum absolute atomic E-state index is 14.3. The van der Waals surface area contributed by atoms with Crippen molar-refractivity contribution >= 4 is 28.7 Å². The molecule has 0 unspecified atom stereocenters. The normalized spacial score (nSPS) is 26.2. The Morgan fingerprint density at radius 1 is 0.906 bits per heavy atom. The standard InChI is InChI=1S/C23H29FN6O2/c24-18-3-1-2-4-19(18)27-23-28-20-13-25-22(26-14-5-9-16(31)10-6-14)29-21(20)30(23)15-7-11-17(32)12-8-15/h1-4,13-17,31-32H,5-12H2,(H,27,28)(H,25,26,29). The van der Waals surface area contributed by atoms with E-state index in [1.807, 2.05) is 4.57 Å². The van der Waals surface area contributed by atoms with Crippen molar-refractivity contribution < 1.29 is 14.6 Å². The van der Waals surface area contributed by atoms with E-state index in [9.17, 15) is 14.6 Å². The predicted octanol–water partition coefficient (Wildman–Crippen LogP) is 3.90. The molecule has 0 radical (unpaired) electrons. The number of hydrogen-bond donors (Lipinski definition) is 4. The van der Waals surface area contributed by atoms with Crippen molar-refractivity contribution in [3.8, 4) is 0 Å². The average Bonchev–Trinajstić information content (AvgIpc) is 3.15. The lowest BCUT2D eigenvalue weighted by atomic mass is 9.93. The molecule has 0 atom stereocenters. The first-order chi connectivity index (χ1) is 15.6. The molecule has 3 aromatic rings. The number of aliphatic hydroxyl groups is 2. The Hall–Kier alpha value is -2.78. The molecule has 4 N–H and O–H groups in total. The van der Waals surface area contributed by atoms with Gasteiger partial charge in [-0.2, -0.15) is 4.98 Å². The number of rotatable bonds is 5. The smallest absolute Gasteiger partial charge is 0.224 e. The topological polar surface area (TPSA) is 108 Å². The zero-order valence-corrected chi connectivity index (χ0v) is 17.9. The average molecular weight is 441 g/mol. The SMILES string of the molecule is OC1CCC(Nc2ncc3nc(Nc4ccccc4F)n(C4CCC(O)CC4)c3n2)CC1. The summed E-state index contributed by atoms with van der Waals surface area (Å²) in [6, 6.07) is 6.85. The Bertz CT molecular complexity index is 1070. The number of halogens is 1. The van der Waals surface area contributed by atoms with Gasteiger partial charge in [0, 0.05) is 12.1 Å². The molecule has 2 aromatic heterocycles. The van der Waals surface area contributed by atoms with Crippen LogP contribution in [0.15, 0.2) is 30.5 Å². The highest BCUT2D eigenvalue weighted by molar-refractivity contribution is 5.76. The number of aliphatic hydroxyl groups excluding tert-OH is 2. The van der Waals surface area contributed by atoms with Crippen LogP contribution >= 0.6 is 0 Å². The lowest BCUT2D eigenvalue weighted by molar-refractivity contribution is 0.112. The van der Waals surface area contributed by atoms with Gasteiger partial charge in [-0.15, -0.1) is 0 Å². The van der Waals surface area contributed by atoms with Crippen LogP contribution in [-0.2, 0) is 0 Å². The fraction of sp³-hybridized carbons (Fsp3) is 0.522. The van der Waals surface area contributed by atoms with Crippen LogP contribution in [0.25, 0.3) is 11.2 Å². The molecule has 0 amide bonds. The quantitative estimate of drug-likeness (QED) is 0.476. The summed E-state index contributed by atoms with van der Waals surface area (Å²) in [6.45, 7) is 0. The van der Waals surface area contributed by atoms with Crippen molar-refractivity contribution in [2.24, 2.45) is 0 Å². The number of para-hydroxylation sites is 1. The summed E-state index contributed by atoms with van der Waals surface area (Å²) in [5, 5.41) is 26.3. The van der Waals surface area contributed by atoms with E-state index in [2.05, 4.69) is 20.6 Å². The van der Waals surface area contributed by atoms with Gasteiger partial charge in [0.05, 0.1) is 24.1 Å². The van der Waals surface area contributed by atoms with Crippen LogP contribution in [0.3, 0.4) is 0 Å². The molecule has 2 aliphatic carbocycles. The minimum absolute atomic E-state index is 0.102. The second kappa shape index (κ2) is 8.99. The van der Waals surface area contributed by atoms with Crippen LogP contribution in [0, 0.1) is 5.82 Å². The second-order valence-electron chi connectivity index (χ2n) is 8.92. The molecular formula is C23H29FN6O2. The van der Waals surface area contributed by atoms with Gasteiger partial charge >= 0.3 is 0 Å². The van der Waals surface area contributed by atoms with E-state index in [1.165, 1.54) is 6.07 Å². The van der Waals surface area contributed by atoms with Crippen molar-refractivity contribution in [2.45, 2.75) is 75.7 Å². The number of aromatic nitrogens is 4. The fourth-order valence-corrected chi connectivity index (χ4v) is 4.80. The molecule has 32 heavy (non-hydrogen) atoms. The van der Waals surface area contributed by atoms with Gasteiger partial charge < -0.3 is 20.8 Å². The number of nitrogens with zero attached hydrogens (tertiary/aromatic N) is 4. The minimum Gasteiger partial charge on any atom is -0.393 e. The summed E-state index contributed by atoms with van der Waals surface area (Å²) in [7, 11) is 0. The van der Waals surface area contributed by atoms with Gasteiger partial charge in [-0.1, -0.05) is 12.1 Å². The Morgan fingerprint density at radius 3 is 2.31 bits per heavy atom. The third kappa shape index (κ3) is 4.40. The second-order valence-corrected chi connectivity index (χ2v) is 8.92. The molecular weight excluding hydrogens is 411 g/mol. The van der Waals surface area contributed by atoms with Crippen molar-refractivity contribution in [3.05, 3.63) is 36.3 Å². The van der Waals surface area contributed by atoms with Gasteiger partial charge in [-0.05, 0) is 63.5 Å². The lowest BCUT2D eigenvalue weighted by Gasteiger charge is -2.28. The molecule has 8 nitrogen and oxygen atoms in total. The van der Waals surface area contributed by atoms with E-state index in [-0.39, 0.29) is 30.1 Å². The number of hydrogen-bond acceptors (Lipinski definition) is 7. The third-order valence-electron chi connectivity index (χ3n) is 6.61. The Morgan fingerprint density at radius 2 is 1.59 bits per heavy atom. The van der Waals surface area contributed by atoms with Crippen LogP contribution in [0.5, 0.6) is 0 Å². The van der Waals surface area contributed by atoms with Crippen LogP contribution in [-0.4, -0.2) is 48.0 Å². The highest BCUT2D eigenvalue weighted by Crippen LogP contribution is 2.35. The van der Waals surface area contributed by atoms with Crippen molar-refractivity contribution in [2.75, 3.05) is 10.6 Å². The highest BCUT2D eigenvalue weighted by atomic mass is 19.1. The lowest BCUT2D eigenvalue weighted by Crippen LogP contribution is -2.29. The predicted molar refractivity (Wildman–Crippen MR) is 120 cm³/mol. The van der Waals surface area contributed by atoms with Crippen molar-refractivity contribution in [1.82, 2.24) is 19.5 Å². The summed E-state index contributed by atoms with van der Waals surface area (Å²) in [5.74, 6) is 0.713. The molecule has 170 valence electrons. The zero-order chi connectivity index (χ0) is 22.1. The molecule has 2 fully saturated rings. The Balaban J connectivity index is 1.49. The van der Waals surface area contributed by atoms with Gasteiger partial charge in [-0.25, -0.2) is 14.4 Å². The van der Waals surface area contributed by atoms with Crippen molar-refractivity contribution in [3.63, 3.8) is 0 Å². The number of imidazole rings is 1. The van der Waals surface area contributed by atoms with E-state index in [1.54, 1.807) is 24.4 Å². The van der Waals surface area contributed by atoms with Gasteiger partial charge in [0.15, 0.2) is 5.65 Å². The molecule has 0 bridgehead atoms. The molecule has 2 aliphatic rings. The highest BCUT2D eigenvalue weighted by Gasteiger charge is 2.27. The summed E-state index contributed by atoms with van der Waals surface area (Å²) in [6.07, 6.45) is 7.53. The molecule has 2 heterocycles. The van der Waals surface area contributed by atoms with E-state index in [0.29, 0.717) is 41.6 Å². The number of nitrogens with one attached hydrogen (secondary N) is 2. The number of benzene rings is 1. The Labute approximate surface area is 185 Å². The maximum atomic E-state index is 14.3. The first-order valence-corrected chi connectivity index (χ1v) is 11.5. The Kier molecular flexibility index (Phi) is 5.93. The van der Waals surface area contributed by atoms with E-state index in [4.69, 9.17) is 4.98 Å². The number of fused-ring (bicyclic) bond motifs is 1. The molecule has 0 aliphatic heterocycles. The summed E-state index contributed by atoms with van der Waals surface area (Å²) in [5.41, 5.74) is 1.69. The molecule has 5 rings (SSSR count). The molecule has 2 saturated carbocycles. The largest absolute Gasteiger partial charge is 0.393 e. The molecule has 1 aromatic carbocycles. The summed E-state index contributed by atoms with van der Waals surface area (Å²) < 4.78 is 16.4. The van der Waals surface area contributed by atoms with Gasteiger partial charge in [0.1, 0.15) is 11.3 Å². The maximum Gasteiger partial charge on any atom is 0.224 e. The fourth-order valence-electron chi connectivity index (χ4n) is 4.80. The van der Waals surface area contributed by atoms with E-state index < -0.39 is 0 Å². The summed E-state index contributed by atoms with van der Waals surface area (Å²) >= 11 is 0. The monoisotopic (exact) mass is 440 g/mol. The van der Waals surface area contributed by atoms with Crippen LogP contribution in [0.1, 0.15) is 57.4 Å². The first kappa shape index (κ1) is 21.1. The first-order valence-electron chi connectivity index (χ1n) is 11.5. The van der Waals surface area contributed by atoms with E-state index in [0.717, 1.165) is 38.5 Å². The van der Waals surface area contributed by atoms with Gasteiger partial charge in [0.2, 0.25) is 11.9 Å². The summed E-state index contributed by atoms with van der Waals surface area (Å²) in [4.78, 5) is 13.9. The van der Waals surface area contributed by atoms with Gasteiger partial charge in [-0.3, -0.25) is 4.57 Å². The van der Waals surface area contributed by atoms with Crippen LogP contribution in [0.4, 0.5) is 22.0 Å². The third-order valence-corrected chi connectivity index (χ3v) is 6.61. The molecule has 0 spiro atoms. The molecule has 9 heteroatoms. The van der Waals surface area contributed by atoms with Gasteiger partial charge in [0.25, 0.3) is 0 Å². The van der Waals surface area contributed by atoms with Crippen LogP contribution in [0.2, 0.25) is 0 Å².